The average Bonchev–Trinajstić information content (AvgIpc) is 2.36. The Hall–Kier alpha value is -1.78. The second kappa shape index (κ2) is 5.52. The van der Waals surface area contributed by atoms with E-state index in [4.69, 9.17) is 18.9 Å². The molecule has 0 aliphatic heterocycles. The van der Waals surface area contributed by atoms with Crippen LogP contribution in [0.5, 0.6) is 28.7 Å². The Balaban J connectivity index is 3.66. The van der Waals surface area contributed by atoms with Crippen LogP contribution in [0.2, 0.25) is 0 Å². The summed E-state index contributed by atoms with van der Waals surface area (Å²) >= 11 is 0. The van der Waals surface area contributed by atoms with Gasteiger partial charge in [0.2, 0.25) is 17.2 Å². The number of methoxy groups -OCH3 is 4. The zero-order chi connectivity index (χ0) is 13.0. The van der Waals surface area contributed by atoms with Gasteiger partial charge in [0.15, 0.2) is 11.5 Å². The van der Waals surface area contributed by atoms with E-state index in [9.17, 15) is 5.11 Å². The van der Waals surface area contributed by atoms with Crippen molar-refractivity contribution in [3.63, 3.8) is 0 Å². The molecule has 0 unspecified atom stereocenters. The standard InChI is InChI=1S/C12H18O5/c1-6-7-9(14-2)11(16-4)8(13)12(17-5)10(7)15-3/h13H,6H2,1-5H3. The molecule has 0 amide bonds. The van der Waals surface area contributed by atoms with Crippen LogP contribution in [-0.4, -0.2) is 33.5 Å². The molecule has 96 valence electrons. The SMILES string of the molecule is CCc1c(OC)c(OC)c(O)c(OC)c1OC. The number of phenols is 1. The molecule has 0 fully saturated rings. The van der Waals surface area contributed by atoms with E-state index in [1.807, 2.05) is 6.92 Å². The topological polar surface area (TPSA) is 57.2 Å². The van der Waals surface area contributed by atoms with Gasteiger partial charge in [0, 0.05) is 5.56 Å². The molecule has 17 heavy (non-hydrogen) atoms. The number of rotatable bonds is 5. The molecule has 0 atom stereocenters. The van der Waals surface area contributed by atoms with E-state index in [1.54, 1.807) is 0 Å². The first-order chi connectivity index (χ1) is 8.15. The Kier molecular flexibility index (Phi) is 4.31. The molecule has 1 aromatic carbocycles. The highest BCUT2D eigenvalue weighted by Gasteiger charge is 2.26. The zero-order valence-corrected chi connectivity index (χ0v) is 10.8. The first-order valence-electron chi connectivity index (χ1n) is 5.23. The van der Waals surface area contributed by atoms with E-state index in [0.29, 0.717) is 17.9 Å². The first-order valence-corrected chi connectivity index (χ1v) is 5.23. The predicted molar refractivity (Wildman–Crippen MR) is 63.7 cm³/mol. The van der Waals surface area contributed by atoms with Gasteiger partial charge in [-0.2, -0.15) is 0 Å². The fourth-order valence-corrected chi connectivity index (χ4v) is 1.83. The summed E-state index contributed by atoms with van der Waals surface area (Å²) in [6.07, 6.45) is 0.666. The minimum Gasteiger partial charge on any atom is -0.501 e. The van der Waals surface area contributed by atoms with E-state index >= 15 is 0 Å². The highest BCUT2D eigenvalue weighted by molar-refractivity contribution is 5.69. The maximum Gasteiger partial charge on any atom is 0.208 e. The lowest BCUT2D eigenvalue weighted by atomic mass is 10.1. The number of benzene rings is 1. The van der Waals surface area contributed by atoms with Crippen LogP contribution in [0.25, 0.3) is 0 Å². The number of hydrogen-bond donors (Lipinski definition) is 1. The summed E-state index contributed by atoms with van der Waals surface area (Å²) in [4.78, 5) is 0. The highest BCUT2D eigenvalue weighted by atomic mass is 16.5. The molecule has 5 nitrogen and oxygen atoms in total. The summed E-state index contributed by atoms with van der Waals surface area (Å²) in [5.74, 6) is 1.31. The van der Waals surface area contributed by atoms with Crippen LogP contribution >= 0.6 is 0 Å². The normalized spacial score (nSPS) is 9.94. The second-order valence-corrected chi connectivity index (χ2v) is 3.31. The molecule has 0 bridgehead atoms. The lowest BCUT2D eigenvalue weighted by molar-refractivity contribution is 0.295. The van der Waals surface area contributed by atoms with E-state index in [1.165, 1.54) is 28.4 Å². The third kappa shape index (κ3) is 2.05. The fraction of sp³-hybridized carbons (Fsp3) is 0.500. The van der Waals surface area contributed by atoms with Crippen LogP contribution in [-0.2, 0) is 6.42 Å². The van der Waals surface area contributed by atoms with Crippen molar-refractivity contribution in [1.82, 2.24) is 0 Å². The lowest BCUT2D eigenvalue weighted by Crippen LogP contribution is -2.02. The first kappa shape index (κ1) is 13.3. The molecule has 0 saturated heterocycles. The highest BCUT2D eigenvalue weighted by Crippen LogP contribution is 2.52. The minimum atomic E-state index is -0.124. The van der Waals surface area contributed by atoms with Crippen LogP contribution in [0.1, 0.15) is 12.5 Å². The summed E-state index contributed by atoms with van der Waals surface area (Å²) in [5.41, 5.74) is 0.793. The van der Waals surface area contributed by atoms with Crippen molar-refractivity contribution in [3.8, 4) is 28.7 Å². The van der Waals surface area contributed by atoms with Crippen molar-refractivity contribution >= 4 is 0 Å². The van der Waals surface area contributed by atoms with Crippen molar-refractivity contribution in [3.05, 3.63) is 5.56 Å². The zero-order valence-electron chi connectivity index (χ0n) is 10.8. The molecule has 0 aromatic heterocycles. The summed E-state index contributed by atoms with van der Waals surface area (Å²) < 4.78 is 20.8. The van der Waals surface area contributed by atoms with Gasteiger partial charge < -0.3 is 24.1 Å². The van der Waals surface area contributed by atoms with Gasteiger partial charge in [0.25, 0.3) is 0 Å². The quantitative estimate of drug-likeness (QED) is 0.855. The number of hydrogen-bond acceptors (Lipinski definition) is 5. The maximum absolute atomic E-state index is 10.0. The molecular formula is C12H18O5. The Labute approximate surface area is 101 Å². The van der Waals surface area contributed by atoms with Crippen molar-refractivity contribution in [2.24, 2.45) is 0 Å². The van der Waals surface area contributed by atoms with Gasteiger partial charge in [-0.3, -0.25) is 0 Å². The minimum absolute atomic E-state index is 0.124. The lowest BCUT2D eigenvalue weighted by Gasteiger charge is -2.19. The molecule has 0 aliphatic rings. The average molecular weight is 242 g/mol. The predicted octanol–water partition coefficient (Wildman–Crippen LogP) is 1.99. The Morgan fingerprint density at radius 3 is 1.35 bits per heavy atom. The van der Waals surface area contributed by atoms with Crippen LogP contribution in [0, 0.1) is 0 Å². The summed E-state index contributed by atoms with van der Waals surface area (Å²) in [7, 11) is 5.95. The van der Waals surface area contributed by atoms with Crippen molar-refractivity contribution in [1.29, 1.82) is 0 Å². The van der Waals surface area contributed by atoms with Crippen LogP contribution < -0.4 is 18.9 Å². The largest absolute Gasteiger partial charge is 0.501 e. The van der Waals surface area contributed by atoms with Gasteiger partial charge in [-0.25, -0.2) is 0 Å². The third-order valence-corrected chi connectivity index (χ3v) is 2.56. The third-order valence-electron chi connectivity index (χ3n) is 2.56. The number of ether oxygens (including phenoxy) is 4. The molecule has 1 rings (SSSR count). The van der Waals surface area contributed by atoms with Crippen LogP contribution in [0.4, 0.5) is 0 Å². The van der Waals surface area contributed by atoms with E-state index in [2.05, 4.69) is 0 Å². The molecule has 1 aromatic rings. The van der Waals surface area contributed by atoms with Crippen molar-refractivity contribution in [2.45, 2.75) is 13.3 Å². The summed E-state index contributed by atoms with van der Waals surface area (Å²) in [6, 6.07) is 0. The molecule has 0 radical (unpaired) electrons. The molecule has 5 heteroatoms. The van der Waals surface area contributed by atoms with Crippen molar-refractivity contribution in [2.75, 3.05) is 28.4 Å². The maximum atomic E-state index is 10.0. The summed E-state index contributed by atoms with van der Waals surface area (Å²) in [5, 5.41) is 10.0. The van der Waals surface area contributed by atoms with Crippen LogP contribution in [0.15, 0.2) is 0 Å². The fourth-order valence-electron chi connectivity index (χ4n) is 1.83. The molecule has 0 spiro atoms. The Morgan fingerprint density at radius 2 is 1.12 bits per heavy atom. The molecule has 0 aliphatic carbocycles. The van der Waals surface area contributed by atoms with E-state index in [0.717, 1.165) is 5.56 Å². The molecule has 0 saturated carbocycles. The van der Waals surface area contributed by atoms with E-state index < -0.39 is 0 Å². The Bertz CT molecular complexity index is 367. The summed E-state index contributed by atoms with van der Waals surface area (Å²) in [6.45, 7) is 1.95. The van der Waals surface area contributed by atoms with Gasteiger partial charge in [0.05, 0.1) is 28.4 Å². The molecule has 0 heterocycles. The van der Waals surface area contributed by atoms with Gasteiger partial charge in [-0.05, 0) is 6.42 Å². The van der Waals surface area contributed by atoms with Gasteiger partial charge in [-0.15, -0.1) is 0 Å². The van der Waals surface area contributed by atoms with Gasteiger partial charge in [0.1, 0.15) is 0 Å². The number of phenolic OH excluding ortho intramolecular Hbond substituents is 1. The van der Waals surface area contributed by atoms with Crippen LogP contribution in [0.3, 0.4) is 0 Å². The van der Waals surface area contributed by atoms with Crippen molar-refractivity contribution < 1.29 is 24.1 Å². The monoisotopic (exact) mass is 242 g/mol. The van der Waals surface area contributed by atoms with Gasteiger partial charge in [-0.1, -0.05) is 6.92 Å². The smallest absolute Gasteiger partial charge is 0.208 e. The molecule has 1 N–H and O–H groups in total. The van der Waals surface area contributed by atoms with E-state index in [-0.39, 0.29) is 17.2 Å². The second-order valence-electron chi connectivity index (χ2n) is 3.31. The van der Waals surface area contributed by atoms with Gasteiger partial charge >= 0.3 is 0 Å². The Morgan fingerprint density at radius 1 is 0.765 bits per heavy atom. The number of aromatic hydroxyl groups is 1. The molecular weight excluding hydrogens is 224 g/mol.